The zero-order valence-corrected chi connectivity index (χ0v) is 26.1. The van der Waals surface area contributed by atoms with Crippen LogP contribution in [-0.4, -0.2) is 62.4 Å². The predicted octanol–water partition coefficient (Wildman–Crippen LogP) is 3.86. The number of hydrogen-bond donors (Lipinski definition) is 3. The lowest BCUT2D eigenvalue weighted by atomic mass is 9.95. The van der Waals surface area contributed by atoms with Gasteiger partial charge in [-0.15, -0.1) is 0 Å². The Hall–Kier alpha value is -4.55. The fourth-order valence-corrected chi connectivity index (χ4v) is 6.33. The second-order valence-corrected chi connectivity index (χ2v) is 12.8. The van der Waals surface area contributed by atoms with Gasteiger partial charge in [0.25, 0.3) is 11.8 Å². The highest BCUT2D eigenvalue weighted by atomic mass is 32.2. The Morgan fingerprint density at radius 3 is 2.27 bits per heavy atom. The molecule has 1 aliphatic carbocycles. The lowest BCUT2D eigenvalue weighted by Gasteiger charge is -2.22. The number of hydrogen-bond acceptors (Lipinski definition) is 7. The summed E-state index contributed by atoms with van der Waals surface area (Å²) in [6.07, 6.45) is 7.34. The van der Waals surface area contributed by atoms with Crippen molar-refractivity contribution in [2.75, 3.05) is 25.0 Å². The van der Waals surface area contributed by atoms with E-state index >= 15 is 0 Å². The Morgan fingerprint density at radius 2 is 1.60 bits per heavy atom. The number of hydrazone groups is 1. The van der Waals surface area contributed by atoms with Crippen molar-refractivity contribution < 1.29 is 27.5 Å². The first-order valence-electron chi connectivity index (χ1n) is 14.9. The topological polar surface area (TPSA) is 146 Å². The number of anilines is 1. The minimum absolute atomic E-state index is 0.00487. The van der Waals surface area contributed by atoms with Crippen LogP contribution in [0.2, 0.25) is 0 Å². The first kappa shape index (κ1) is 33.3. The van der Waals surface area contributed by atoms with E-state index < -0.39 is 22.5 Å². The molecule has 3 aromatic carbocycles. The Morgan fingerprint density at radius 1 is 0.911 bits per heavy atom. The van der Waals surface area contributed by atoms with E-state index in [2.05, 4.69) is 21.2 Å². The summed E-state index contributed by atoms with van der Waals surface area (Å²) in [7, 11) is -4.05. The van der Waals surface area contributed by atoms with E-state index in [-0.39, 0.29) is 35.9 Å². The quantitative estimate of drug-likeness (QED) is 0.182. The third-order valence-electron chi connectivity index (χ3n) is 7.25. The number of amides is 3. The maximum Gasteiger partial charge on any atom is 0.258 e. The monoisotopic (exact) mass is 633 g/mol. The van der Waals surface area contributed by atoms with Crippen molar-refractivity contribution in [1.82, 2.24) is 15.0 Å². The molecule has 45 heavy (non-hydrogen) atoms. The van der Waals surface area contributed by atoms with Crippen LogP contribution >= 0.6 is 0 Å². The predicted molar refractivity (Wildman–Crippen MR) is 172 cm³/mol. The zero-order valence-electron chi connectivity index (χ0n) is 25.3. The van der Waals surface area contributed by atoms with Crippen molar-refractivity contribution in [3.8, 4) is 5.75 Å². The van der Waals surface area contributed by atoms with Gasteiger partial charge in [-0.2, -0.15) is 9.41 Å². The van der Waals surface area contributed by atoms with Crippen LogP contribution in [0.25, 0.3) is 0 Å². The minimum atomic E-state index is -4.05. The van der Waals surface area contributed by atoms with E-state index in [4.69, 9.17) is 4.74 Å². The van der Waals surface area contributed by atoms with Crippen molar-refractivity contribution in [2.45, 2.75) is 56.4 Å². The second-order valence-electron chi connectivity index (χ2n) is 10.8. The van der Waals surface area contributed by atoms with E-state index in [0.29, 0.717) is 23.4 Å². The van der Waals surface area contributed by atoms with Gasteiger partial charge in [-0.3, -0.25) is 14.4 Å². The summed E-state index contributed by atoms with van der Waals surface area (Å²) < 4.78 is 33.8. The Bertz CT molecular complexity index is 1560. The number of nitrogens with zero attached hydrogens (tertiary/aromatic N) is 2. The molecule has 11 nitrogen and oxygen atoms in total. The summed E-state index contributed by atoms with van der Waals surface area (Å²) in [5.41, 5.74) is 4.46. The molecule has 0 radical (unpaired) electrons. The van der Waals surface area contributed by atoms with Crippen molar-refractivity contribution in [3.63, 3.8) is 0 Å². The fraction of sp³-hybridized carbons (Fsp3) is 0.333. The largest absolute Gasteiger partial charge is 0.484 e. The fourth-order valence-electron chi connectivity index (χ4n) is 4.93. The van der Waals surface area contributed by atoms with E-state index in [1.54, 1.807) is 24.3 Å². The van der Waals surface area contributed by atoms with Gasteiger partial charge < -0.3 is 15.4 Å². The van der Waals surface area contributed by atoms with Gasteiger partial charge in [-0.1, -0.05) is 49.6 Å². The zero-order chi connectivity index (χ0) is 32.1. The molecule has 0 unspecified atom stereocenters. The van der Waals surface area contributed by atoms with Gasteiger partial charge in [-0.05, 0) is 78.9 Å². The Labute approximate surface area is 264 Å². The highest BCUT2D eigenvalue weighted by molar-refractivity contribution is 7.89. The van der Waals surface area contributed by atoms with Gasteiger partial charge in [0.15, 0.2) is 6.61 Å². The van der Waals surface area contributed by atoms with E-state index in [1.807, 2.05) is 30.3 Å². The van der Waals surface area contributed by atoms with Gasteiger partial charge in [0, 0.05) is 25.2 Å². The molecule has 0 aromatic heterocycles. The molecule has 0 saturated heterocycles. The van der Waals surface area contributed by atoms with Crippen LogP contribution < -0.4 is 20.8 Å². The van der Waals surface area contributed by atoms with E-state index in [9.17, 15) is 22.8 Å². The maximum absolute atomic E-state index is 13.5. The van der Waals surface area contributed by atoms with Crippen LogP contribution in [0.5, 0.6) is 5.75 Å². The third kappa shape index (κ3) is 10.8. The van der Waals surface area contributed by atoms with Crippen LogP contribution in [-0.2, 0) is 30.8 Å². The molecule has 1 saturated carbocycles. The normalized spacial score (nSPS) is 13.8. The second kappa shape index (κ2) is 16.5. The molecule has 0 atom stereocenters. The molecule has 238 valence electrons. The van der Waals surface area contributed by atoms with Crippen LogP contribution in [0, 0.1) is 0 Å². The van der Waals surface area contributed by atoms with Crippen molar-refractivity contribution in [2.24, 2.45) is 5.10 Å². The molecule has 0 heterocycles. The Kier molecular flexibility index (Phi) is 12.2. The van der Waals surface area contributed by atoms with Crippen molar-refractivity contribution in [3.05, 3.63) is 90.0 Å². The Balaban J connectivity index is 1.32. The number of sulfonamides is 1. The van der Waals surface area contributed by atoms with Gasteiger partial charge >= 0.3 is 0 Å². The summed E-state index contributed by atoms with van der Waals surface area (Å²) in [5, 5.41) is 9.60. The third-order valence-corrected chi connectivity index (χ3v) is 9.11. The van der Waals surface area contributed by atoms with E-state index in [0.717, 1.165) is 35.6 Å². The van der Waals surface area contributed by atoms with Gasteiger partial charge in [0.05, 0.1) is 17.7 Å². The molecular weight excluding hydrogens is 594 g/mol. The standard InChI is InChI=1S/C33H39N5O6S/c1-25(39)35-29-14-18-31(19-15-29)45(42,43)38(21-20-26-8-4-2-5-9-26)23-32(40)37-34-22-27-12-16-30(17-13-27)44-24-33(41)36-28-10-6-3-7-11-28/h2,4-5,8-9,12-19,22,28H,3,6-7,10-11,20-21,23-24H2,1H3,(H,35,39)(H,36,41)(H,37,40)/b34-22-. The van der Waals surface area contributed by atoms with E-state index in [1.165, 1.54) is 43.8 Å². The average molecular weight is 634 g/mol. The van der Waals surface area contributed by atoms with Crippen LogP contribution in [0.3, 0.4) is 0 Å². The molecule has 0 bridgehead atoms. The summed E-state index contributed by atoms with van der Waals surface area (Å²) in [6, 6.07) is 22.2. The van der Waals surface area contributed by atoms with Gasteiger partial charge in [-0.25, -0.2) is 13.8 Å². The molecule has 4 rings (SSSR count). The first-order valence-corrected chi connectivity index (χ1v) is 16.4. The summed E-state index contributed by atoms with van der Waals surface area (Å²) in [4.78, 5) is 36.3. The summed E-state index contributed by atoms with van der Waals surface area (Å²) in [6.45, 7) is 0.914. The smallest absolute Gasteiger partial charge is 0.258 e. The molecule has 3 N–H and O–H groups in total. The molecule has 12 heteroatoms. The number of rotatable bonds is 14. The van der Waals surface area contributed by atoms with Gasteiger partial charge in [0.2, 0.25) is 15.9 Å². The van der Waals surface area contributed by atoms with Crippen molar-refractivity contribution in [1.29, 1.82) is 0 Å². The number of ether oxygens (including phenoxy) is 1. The summed E-state index contributed by atoms with van der Waals surface area (Å²) in [5.74, 6) is -0.496. The highest BCUT2D eigenvalue weighted by Gasteiger charge is 2.26. The van der Waals surface area contributed by atoms with Crippen LogP contribution in [0.1, 0.15) is 50.2 Å². The molecule has 1 fully saturated rings. The minimum Gasteiger partial charge on any atom is -0.484 e. The maximum atomic E-state index is 13.5. The molecule has 0 spiro atoms. The van der Waals surface area contributed by atoms with Crippen LogP contribution in [0.4, 0.5) is 5.69 Å². The molecule has 3 amide bonds. The number of nitrogens with one attached hydrogen (secondary N) is 3. The molecule has 1 aliphatic rings. The first-order chi connectivity index (χ1) is 21.7. The van der Waals surface area contributed by atoms with Crippen molar-refractivity contribution >= 4 is 39.6 Å². The number of benzene rings is 3. The molecular formula is C33H39N5O6S. The van der Waals surface area contributed by atoms with Crippen LogP contribution in [0.15, 0.2) is 88.9 Å². The highest BCUT2D eigenvalue weighted by Crippen LogP contribution is 2.20. The lowest BCUT2D eigenvalue weighted by molar-refractivity contribution is -0.124. The molecule has 0 aliphatic heterocycles. The molecule has 3 aromatic rings. The number of carbonyl (C=O) groups excluding carboxylic acids is 3. The van der Waals surface area contributed by atoms with Gasteiger partial charge in [0.1, 0.15) is 5.75 Å². The number of carbonyl (C=O) groups is 3. The SMILES string of the molecule is CC(=O)Nc1ccc(S(=O)(=O)N(CCc2ccccc2)CC(=O)N/N=C\c2ccc(OCC(=O)NC3CCCCC3)cc2)cc1. The lowest BCUT2D eigenvalue weighted by Crippen LogP contribution is -2.40. The average Bonchev–Trinajstić information content (AvgIpc) is 3.03. The summed E-state index contributed by atoms with van der Waals surface area (Å²) >= 11 is 0.